The summed E-state index contributed by atoms with van der Waals surface area (Å²) < 4.78 is 56.2. The normalized spacial score (nSPS) is 24.0. The van der Waals surface area contributed by atoms with Gasteiger partial charge in [0.2, 0.25) is 88.6 Å². The summed E-state index contributed by atoms with van der Waals surface area (Å²) in [5.74, 6) is -27.0. The van der Waals surface area contributed by atoms with Gasteiger partial charge in [-0.3, -0.25) is 81.5 Å². The highest BCUT2D eigenvalue weighted by Gasteiger charge is 2.48. The summed E-state index contributed by atoms with van der Waals surface area (Å²) in [6, 6.07) is 6.83. The number of likely N-dealkylation sites (N-methyl/N-ethyl adjacent to an activating group) is 3. The lowest BCUT2D eigenvalue weighted by molar-refractivity contribution is -0.152. The van der Waals surface area contributed by atoms with Crippen LogP contribution in [0.5, 0.6) is 5.75 Å². The zero-order valence-electron chi connectivity index (χ0n) is 75.5. The number of carboxylic acid groups (broad SMARTS) is 2. The van der Waals surface area contributed by atoms with Crippen molar-refractivity contribution in [2.24, 2.45) is 11.7 Å². The van der Waals surface area contributed by atoms with Gasteiger partial charge in [0.25, 0.3) is 0 Å². The number of ether oxygens (including phenoxy) is 2. The number of aromatic nitrogens is 1. The number of phenolic OH excluding ortho intramolecular Hbond substituents is 1. The smallest absolute Gasteiger partial charge is 0.305 e. The Kier molecular flexibility index (Phi) is 38.9. The van der Waals surface area contributed by atoms with Crippen molar-refractivity contribution in [3.05, 3.63) is 173 Å². The van der Waals surface area contributed by atoms with Gasteiger partial charge < -0.3 is 113 Å². The molecule has 135 heavy (non-hydrogen) atoms. The van der Waals surface area contributed by atoms with Crippen molar-refractivity contribution in [2.45, 2.75) is 189 Å². The number of amides is 15. The Hall–Kier alpha value is -13.6. The van der Waals surface area contributed by atoms with Gasteiger partial charge >= 0.3 is 11.9 Å². The molecule has 0 saturated carbocycles. The molecule has 14 atom stereocenters. The Morgan fingerprint density at radius 1 is 0.563 bits per heavy atom. The zero-order valence-corrected chi connectivity index (χ0v) is 76.4. The van der Waals surface area contributed by atoms with Crippen molar-refractivity contribution in [3.8, 4) is 5.75 Å². The van der Waals surface area contributed by atoms with E-state index in [0.717, 1.165) is 31.5 Å². The maximum Gasteiger partial charge on any atom is 0.305 e. The first-order valence-corrected chi connectivity index (χ1v) is 45.1. The number of aromatic amines is 1. The van der Waals surface area contributed by atoms with Crippen molar-refractivity contribution in [1.29, 1.82) is 0 Å². The van der Waals surface area contributed by atoms with Gasteiger partial charge in [-0.1, -0.05) is 125 Å². The summed E-state index contributed by atoms with van der Waals surface area (Å²) in [4.78, 5) is 258. The Morgan fingerprint density at radius 3 is 1.74 bits per heavy atom. The quantitative estimate of drug-likeness (QED) is 0.0333. The largest absolute Gasteiger partial charge is 0.508 e. The van der Waals surface area contributed by atoms with Crippen LogP contribution in [-0.2, 0) is 123 Å². The molecule has 15 amide bonds. The number of unbranched alkanes of at least 4 members (excludes halogenated alkanes) is 1. The van der Waals surface area contributed by atoms with E-state index in [1.165, 1.54) is 59.3 Å². The van der Waals surface area contributed by atoms with Gasteiger partial charge in [-0.25, -0.2) is 13.2 Å². The molecule has 3 aliphatic heterocycles. The van der Waals surface area contributed by atoms with Crippen molar-refractivity contribution >= 4 is 123 Å². The second-order valence-corrected chi connectivity index (χ2v) is 34.7. The molecule has 39 nitrogen and oxygen atoms in total. The predicted molar refractivity (Wildman–Crippen MR) is 481 cm³/mol. The number of H-pyrrole nitrogens is 1. The van der Waals surface area contributed by atoms with Crippen LogP contribution >= 0.6 is 11.8 Å². The number of morpholine rings is 1. The van der Waals surface area contributed by atoms with E-state index in [1.54, 1.807) is 98.0 Å². The van der Waals surface area contributed by atoms with Gasteiger partial charge in [0.1, 0.15) is 84.3 Å². The number of benzene rings is 5. The number of carboxylic acids is 2. The third-order valence-corrected chi connectivity index (χ3v) is 24.5. The number of hydrogen-bond donors (Lipinski definition) is 15. The van der Waals surface area contributed by atoms with Crippen LogP contribution in [0.15, 0.2) is 128 Å². The second kappa shape index (κ2) is 50.0. The minimum atomic E-state index is -2.07. The number of rotatable bonds is 25. The maximum absolute atomic E-state index is 15.7. The molecule has 728 valence electrons. The van der Waals surface area contributed by atoms with Crippen LogP contribution in [0.3, 0.4) is 0 Å². The Bertz CT molecular complexity index is 5240. The van der Waals surface area contributed by atoms with Crippen LogP contribution in [0.2, 0.25) is 0 Å². The molecule has 9 rings (SSSR count). The number of nitrogens with zero attached hydrogens (tertiary/aromatic N) is 5. The molecule has 5 aromatic carbocycles. The number of aliphatic carboxylic acids is 2. The molecule has 3 fully saturated rings. The van der Waals surface area contributed by atoms with Crippen LogP contribution in [0.25, 0.3) is 10.9 Å². The summed E-state index contributed by atoms with van der Waals surface area (Å²) >= 11 is 0.625. The van der Waals surface area contributed by atoms with E-state index in [-0.39, 0.29) is 57.5 Å². The van der Waals surface area contributed by atoms with Crippen LogP contribution in [0.4, 0.5) is 13.2 Å². The van der Waals surface area contributed by atoms with Gasteiger partial charge in [-0.15, -0.1) is 11.8 Å². The number of nitrogens with one attached hydrogen (secondary N) is 10. The predicted octanol–water partition coefficient (Wildman–Crippen LogP) is -0.0768. The molecule has 0 spiro atoms. The maximum atomic E-state index is 15.7. The van der Waals surface area contributed by atoms with Crippen LogP contribution in [0.1, 0.15) is 100.0 Å². The monoisotopic (exact) mass is 1900 g/mol. The molecule has 43 heteroatoms. The van der Waals surface area contributed by atoms with Crippen molar-refractivity contribution in [1.82, 2.24) is 77.3 Å². The number of phenols is 1. The van der Waals surface area contributed by atoms with Crippen LogP contribution in [-0.4, -0.2) is 314 Å². The van der Waals surface area contributed by atoms with Crippen molar-refractivity contribution in [2.75, 3.05) is 79.2 Å². The zero-order chi connectivity index (χ0) is 98.6. The van der Waals surface area contributed by atoms with Gasteiger partial charge in [-0.05, 0) is 83.3 Å². The summed E-state index contributed by atoms with van der Waals surface area (Å²) in [5.41, 5.74) is 7.17. The first-order valence-electron chi connectivity index (χ1n) is 43.9. The number of fused-ring (bicyclic) bond motifs is 3. The number of hydrogen-bond acceptors (Lipinski definition) is 22. The van der Waals surface area contributed by atoms with E-state index >= 15 is 51.9 Å². The summed E-state index contributed by atoms with van der Waals surface area (Å²) in [6.45, 7) is 1.87. The summed E-state index contributed by atoms with van der Waals surface area (Å²) in [5, 5.41) is 65.8. The number of nitrogens with two attached hydrogens (primary N) is 1. The molecular formula is C92H115F3N16O23S. The molecule has 0 unspecified atom stereocenters. The molecule has 4 heterocycles. The Labute approximate surface area is 779 Å². The number of carbonyl (C=O) groups is 17. The second-order valence-electron chi connectivity index (χ2n) is 33.7. The fourth-order valence-electron chi connectivity index (χ4n) is 16.0. The van der Waals surface area contributed by atoms with Gasteiger partial charge in [-0.2, -0.15) is 0 Å². The average molecular weight is 1900 g/mol. The topological polar surface area (TPSA) is 556 Å². The molecule has 16 N–H and O–H groups in total. The SMILES string of the molecule is CCCC[C@H]1C(=O)N2C[C@H](O)C[C@@H]2C(=O)N[C@@H](CC(=O)O)C(=O)N[C@@H](C(C)C)C(=O)N(C)[C@@H](Cc2ccccc2)C(=O)N[C@@H](CCC(=O)O)C(=O)N2CCOC[C@@H]2C(=O)N[C@H](Cc2c[nH]c3ccccc23)C(=O)N[C@@H](Cc2ccc(O)cc2)C(=O)N[C@@H](CCOC)C(=O)N[C@H](C(=O)NCC(N)=O)CSCC(=O)N[C@@H](Cc2cc(F)c(F)c(F)c2)C(=O)N(C)[C@@H](Cc2ccccc2)C(=O)N1C. The highest BCUT2D eigenvalue weighted by molar-refractivity contribution is 8.00. The standard InChI is InChI=1S/C92H115F3N16O23S/c1-8-9-24-69-91(131)111-46-57(113)42-71(111)86(126)104-66(43-77(118)119)84(124)106-79(50(2)3)92(132)108(5)70(39-51-18-12-10-13-19-51)85(125)101-63(29-30-76(116)117)89(129)110-32-34-134-47-73(110)87(127)103-65(41-55-44-97-61-23-17-16-22-58(55)61)83(123)102-64(37-53-25-27-56(112)28-26-53)82(122)100-62(31-33-133-7)81(121)105-68(80(120)98-45-74(96)114)48-135-49-75(115)99-67(38-54-35-59(93)78(95)60(94)36-54)88(128)109(6)72(90(130)107(69)4)40-52-20-14-11-15-21-52/h10-23,25-28,35-36,44,50,57,62-73,79,97,112-113H,8-9,24,29-34,37-43,45-49H2,1-7H3,(H2,96,114)(H,98,120)(H,99,115)(H,100,122)(H,101,125)(H,102,123)(H,103,127)(H,104,126)(H,105,121)(H,106,124)(H,116,117)(H,118,119)/t57-,62+,63+,64+,65-,66+,67+,68+,69+,70+,71-,72+,73-,79+/m1/s1. The van der Waals surface area contributed by atoms with Gasteiger partial charge in [0.05, 0.1) is 38.0 Å². The molecule has 0 aliphatic carbocycles. The Balaban J connectivity index is 1.14. The number of thioether (sulfide) groups is 1. The van der Waals surface area contributed by atoms with E-state index in [1.807, 2.05) is 0 Å². The fourth-order valence-corrected chi connectivity index (χ4v) is 16.9. The van der Waals surface area contributed by atoms with Crippen LogP contribution < -0.4 is 53.6 Å². The number of aliphatic hydroxyl groups is 1. The van der Waals surface area contributed by atoms with E-state index in [2.05, 4.69) is 52.8 Å². The molecule has 0 bridgehead atoms. The Morgan fingerprint density at radius 2 is 1.12 bits per heavy atom. The van der Waals surface area contributed by atoms with E-state index in [4.69, 9.17) is 15.2 Å². The fraction of sp³-hybridized carbons (Fsp3) is 0.467. The number of aromatic hydroxyl groups is 1. The number of carbonyl (C=O) groups excluding carboxylic acids is 15. The summed E-state index contributed by atoms with van der Waals surface area (Å²) in [6.07, 6.45) is -5.20. The molecular weight excluding hydrogens is 1790 g/mol. The highest BCUT2D eigenvalue weighted by Crippen LogP contribution is 2.28. The number of methoxy groups -OCH3 is 1. The van der Waals surface area contributed by atoms with Gasteiger partial charge in [0.15, 0.2) is 17.5 Å². The van der Waals surface area contributed by atoms with Gasteiger partial charge in [0, 0.05) is 116 Å². The lowest BCUT2D eigenvalue weighted by atomic mass is 9.98. The first-order chi connectivity index (χ1) is 64.2. The first kappa shape index (κ1) is 105. The van der Waals surface area contributed by atoms with Crippen LogP contribution in [0, 0.1) is 23.4 Å². The third kappa shape index (κ3) is 29.5. The van der Waals surface area contributed by atoms with E-state index < -0.39 is 290 Å². The number of aliphatic hydroxyl groups excluding tert-OH is 1. The minimum absolute atomic E-state index is 0.150. The lowest BCUT2D eigenvalue weighted by Crippen LogP contribution is -2.64. The van der Waals surface area contributed by atoms with E-state index in [0.29, 0.717) is 63.5 Å². The third-order valence-electron chi connectivity index (χ3n) is 23.5. The van der Waals surface area contributed by atoms with Crippen molar-refractivity contribution in [3.63, 3.8) is 0 Å². The number of halogens is 3. The minimum Gasteiger partial charge on any atom is -0.508 e. The van der Waals surface area contributed by atoms with E-state index in [9.17, 15) is 63.2 Å². The number of para-hydroxylation sites is 1. The lowest BCUT2D eigenvalue weighted by Gasteiger charge is -2.38. The molecule has 0 radical (unpaired) electrons. The summed E-state index contributed by atoms with van der Waals surface area (Å²) in [7, 11) is 4.81. The molecule has 3 saturated heterocycles. The number of primary amides is 1. The molecule has 6 aromatic rings. The van der Waals surface area contributed by atoms with Crippen molar-refractivity contribution < 1.29 is 125 Å². The molecule has 1 aromatic heterocycles. The molecule has 3 aliphatic rings. The highest BCUT2D eigenvalue weighted by atomic mass is 32.2. The average Bonchev–Trinajstić information content (AvgIpc) is 1.62.